The van der Waals surface area contributed by atoms with Gasteiger partial charge in [0.05, 0.1) is 6.61 Å². The Hall–Kier alpha value is -1.29. The number of esters is 1. The van der Waals surface area contributed by atoms with Crippen LogP contribution in [0, 0.1) is 6.92 Å². The van der Waals surface area contributed by atoms with E-state index in [0.29, 0.717) is 10.6 Å². The fourth-order valence-corrected chi connectivity index (χ4v) is 1.23. The smallest absolute Gasteiger partial charge is 0.381 e. The third-order valence-electron chi connectivity index (χ3n) is 1.85. The van der Waals surface area contributed by atoms with Gasteiger partial charge in [0.15, 0.2) is 0 Å². The highest BCUT2D eigenvalue weighted by Crippen LogP contribution is 2.23. The highest BCUT2D eigenvalue weighted by Gasteiger charge is 2.21. The van der Waals surface area contributed by atoms with Gasteiger partial charge in [0.2, 0.25) is 0 Å². The quantitative estimate of drug-likeness (QED) is 0.767. The fourth-order valence-electron chi connectivity index (χ4n) is 1.07. The average molecular weight is 247 g/mol. The minimum Gasteiger partial charge on any atom is -0.461 e. The van der Waals surface area contributed by atoms with E-state index in [0.717, 1.165) is 0 Å². The van der Waals surface area contributed by atoms with Gasteiger partial charge in [-0.05, 0) is 31.5 Å². The van der Waals surface area contributed by atoms with E-state index in [2.05, 4.69) is 4.74 Å². The molecule has 0 aromatic heterocycles. The first kappa shape index (κ1) is 12.8. The van der Waals surface area contributed by atoms with Crippen molar-refractivity contribution in [3.63, 3.8) is 0 Å². The maximum absolute atomic E-state index is 13.2. The van der Waals surface area contributed by atoms with Crippen molar-refractivity contribution in [2.24, 2.45) is 0 Å². The maximum Gasteiger partial charge on any atom is 0.381 e. The molecular formula is C11H12ClFO3. The van der Waals surface area contributed by atoms with Gasteiger partial charge in [0.1, 0.15) is 5.75 Å². The minimum absolute atomic E-state index is 0.108. The Morgan fingerprint density at radius 3 is 2.88 bits per heavy atom. The Morgan fingerprint density at radius 2 is 2.25 bits per heavy atom. The van der Waals surface area contributed by atoms with Crippen LogP contribution < -0.4 is 4.74 Å². The molecule has 1 aromatic carbocycles. The van der Waals surface area contributed by atoms with Crippen molar-refractivity contribution < 1.29 is 18.7 Å². The van der Waals surface area contributed by atoms with Gasteiger partial charge in [-0.3, -0.25) is 0 Å². The lowest BCUT2D eigenvalue weighted by Crippen LogP contribution is -2.25. The van der Waals surface area contributed by atoms with Crippen LogP contribution >= 0.6 is 11.6 Å². The number of hydrogen-bond donors (Lipinski definition) is 0. The fraction of sp³-hybridized carbons (Fsp3) is 0.364. The van der Waals surface area contributed by atoms with Gasteiger partial charge in [0.25, 0.3) is 0 Å². The minimum atomic E-state index is -2.13. The monoisotopic (exact) mass is 246 g/mol. The Labute approximate surface area is 98.1 Å². The predicted octanol–water partition coefficient (Wildman–Crippen LogP) is 2.89. The predicted molar refractivity (Wildman–Crippen MR) is 58.3 cm³/mol. The van der Waals surface area contributed by atoms with Crippen molar-refractivity contribution >= 4 is 17.6 Å². The average Bonchev–Trinajstić information content (AvgIpc) is 2.23. The van der Waals surface area contributed by atoms with Crippen LogP contribution in [-0.2, 0) is 9.53 Å². The van der Waals surface area contributed by atoms with Crippen LogP contribution in [0.15, 0.2) is 18.2 Å². The van der Waals surface area contributed by atoms with E-state index < -0.39 is 12.3 Å². The van der Waals surface area contributed by atoms with Crippen LogP contribution in [0.4, 0.5) is 4.39 Å². The van der Waals surface area contributed by atoms with Crippen molar-refractivity contribution in [3.8, 4) is 5.75 Å². The summed E-state index contributed by atoms with van der Waals surface area (Å²) < 4.78 is 22.5. The molecule has 0 aliphatic carbocycles. The molecule has 0 bridgehead atoms. The summed E-state index contributed by atoms with van der Waals surface area (Å²) in [5.74, 6) is -0.810. The van der Waals surface area contributed by atoms with Crippen LogP contribution in [0.2, 0.25) is 5.02 Å². The Bertz CT molecular complexity index is 381. The van der Waals surface area contributed by atoms with Gasteiger partial charge < -0.3 is 9.47 Å². The third kappa shape index (κ3) is 3.38. The number of aryl methyl sites for hydroxylation is 1. The molecular weight excluding hydrogens is 235 g/mol. The van der Waals surface area contributed by atoms with Gasteiger partial charge in [-0.25, -0.2) is 4.79 Å². The molecule has 0 amide bonds. The van der Waals surface area contributed by atoms with Crippen molar-refractivity contribution in [2.45, 2.75) is 20.2 Å². The van der Waals surface area contributed by atoms with Crippen molar-refractivity contribution in [2.75, 3.05) is 6.61 Å². The maximum atomic E-state index is 13.2. The molecule has 0 saturated carbocycles. The molecule has 0 radical (unpaired) electrons. The zero-order chi connectivity index (χ0) is 12.1. The lowest BCUT2D eigenvalue weighted by molar-refractivity contribution is -0.159. The van der Waals surface area contributed by atoms with E-state index in [-0.39, 0.29) is 12.4 Å². The van der Waals surface area contributed by atoms with Gasteiger partial charge in [-0.15, -0.1) is 0 Å². The second kappa shape index (κ2) is 5.70. The highest BCUT2D eigenvalue weighted by atomic mass is 35.5. The summed E-state index contributed by atoms with van der Waals surface area (Å²) in [6.07, 6.45) is -2.13. The number of ether oxygens (including phenoxy) is 2. The molecule has 0 aliphatic heterocycles. The molecule has 0 saturated heterocycles. The van der Waals surface area contributed by atoms with Crippen LogP contribution in [-0.4, -0.2) is 18.9 Å². The first-order chi connectivity index (χ1) is 7.54. The van der Waals surface area contributed by atoms with Crippen LogP contribution in [0.25, 0.3) is 0 Å². The summed E-state index contributed by atoms with van der Waals surface area (Å²) in [5.41, 5.74) is 0.691. The second-order valence-electron chi connectivity index (χ2n) is 3.10. The number of alkyl halides is 1. The van der Waals surface area contributed by atoms with E-state index in [4.69, 9.17) is 16.3 Å². The summed E-state index contributed by atoms with van der Waals surface area (Å²) in [6.45, 7) is 3.43. The molecule has 0 heterocycles. The molecule has 0 spiro atoms. The van der Waals surface area contributed by atoms with Gasteiger partial charge in [0, 0.05) is 5.02 Å². The number of rotatable bonds is 4. The summed E-state index contributed by atoms with van der Waals surface area (Å²) in [7, 11) is 0. The lowest BCUT2D eigenvalue weighted by Gasteiger charge is -2.12. The number of carbonyl (C=O) groups excluding carboxylic acids is 1. The van der Waals surface area contributed by atoms with Crippen molar-refractivity contribution in [1.82, 2.24) is 0 Å². The molecule has 1 rings (SSSR count). The van der Waals surface area contributed by atoms with Crippen molar-refractivity contribution in [1.29, 1.82) is 0 Å². The lowest BCUT2D eigenvalue weighted by atomic mass is 10.2. The zero-order valence-corrected chi connectivity index (χ0v) is 9.75. The standard InChI is InChI=1S/C11H12ClFO3/c1-3-15-11(14)10(13)16-9-6-8(12)5-4-7(9)2/h4-6,10H,3H2,1-2H3. The van der Waals surface area contributed by atoms with Crippen LogP contribution in [0.5, 0.6) is 5.75 Å². The van der Waals surface area contributed by atoms with Gasteiger partial charge in [-0.2, -0.15) is 4.39 Å². The van der Waals surface area contributed by atoms with Crippen LogP contribution in [0.3, 0.4) is 0 Å². The summed E-state index contributed by atoms with van der Waals surface area (Å²) in [5, 5.41) is 0.414. The van der Waals surface area contributed by atoms with E-state index in [1.807, 2.05) is 0 Å². The SMILES string of the molecule is CCOC(=O)C(F)Oc1cc(Cl)ccc1C. The zero-order valence-electron chi connectivity index (χ0n) is 9.00. The third-order valence-corrected chi connectivity index (χ3v) is 2.09. The Morgan fingerprint density at radius 1 is 1.56 bits per heavy atom. The van der Waals surface area contributed by atoms with E-state index in [1.54, 1.807) is 26.0 Å². The van der Waals surface area contributed by atoms with Gasteiger partial charge in [-0.1, -0.05) is 17.7 Å². The molecule has 0 aliphatic rings. The summed E-state index contributed by atoms with van der Waals surface area (Å²) in [4.78, 5) is 11.0. The van der Waals surface area contributed by atoms with E-state index >= 15 is 0 Å². The van der Waals surface area contributed by atoms with Gasteiger partial charge >= 0.3 is 12.3 Å². The summed E-state index contributed by atoms with van der Waals surface area (Å²) >= 11 is 5.72. The Kier molecular flexibility index (Phi) is 4.55. The number of benzene rings is 1. The van der Waals surface area contributed by atoms with Crippen molar-refractivity contribution in [3.05, 3.63) is 28.8 Å². The van der Waals surface area contributed by atoms with Crippen LogP contribution in [0.1, 0.15) is 12.5 Å². The van der Waals surface area contributed by atoms with E-state index in [1.165, 1.54) is 6.07 Å². The summed E-state index contributed by atoms with van der Waals surface area (Å²) in [6, 6.07) is 4.78. The largest absolute Gasteiger partial charge is 0.461 e. The number of carbonyl (C=O) groups is 1. The molecule has 16 heavy (non-hydrogen) atoms. The second-order valence-corrected chi connectivity index (χ2v) is 3.53. The molecule has 0 N–H and O–H groups in total. The first-order valence-electron chi connectivity index (χ1n) is 4.78. The molecule has 1 aromatic rings. The molecule has 3 nitrogen and oxygen atoms in total. The highest BCUT2D eigenvalue weighted by molar-refractivity contribution is 6.30. The first-order valence-corrected chi connectivity index (χ1v) is 5.16. The number of hydrogen-bond acceptors (Lipinski definition) is 3. The molecule has 88 valence electrons. The molecule has 1 unspecified atom stereocenters. The molecule has 5 heteroatoms. The normalized spacial score (nSPS) is 12.0. The Balaban J connectivity index is 2.72. The molecule has 0 fully saturated rings. The molecule has 1 atom stereocenters. The van der Waals surface area contributed by atoms with E-state index in [9.17, 15) is 9.18 Å². The topological polar surface area (TPSA) is 35.5 Å². The number of halogens is 2.